The molecule has 1 fully saturated rings. The molecule has 1 aliphatic heterocycles. The number of nitrogens with one attached hydrogen (secondary N) is 1. The molecule has 2 rings (SSSR count). The van der Waals surface area contributed by atoms with E-state index >= 15 is 0 Å². The first-order valence-electron chi connectivity index (χ1n) is 7.68. The number of ether oxygens (including phenoxy) is 1. The predicted octanol–water partition coefficient (Wildman–Crippen LogP) is 2.18. The van der Waals surface area contributed by atoms with Crippen LogP contribution in [-0.2, 0) is 4.74 Å². The second-order valence-corrected chi connectivity index (χ2v) is 6.94. The third-order valence-corrected chi connectivity index (χ3v) is 5.53. The average Bonchev–Trinajstić information content (AvgIpc) is 3.03. The lowest BCUT2D eigenvalue weighted by molar-refractivity contribution is -0.0169. The molecule has 1 amide bonds. The van der Waals surface area contributed by atoms with Crippen LogP contribution >= 0.6 is 11.3 Å². The van der Waals surface area contributed by atoms with Crippen molar-refractivity contribution in [3.8, 4) is 0 Å². The average molecular weight is 324 g/mol. The number of hydrogen-bond acceptors (Lipinski definition) is 5. The molecule has 0 saturated carbocycles. The highest BCUT2D eigenvalue weighted by Gasteiger charge is 2.31. The Morgan fingerprint density at radius 3 is 2.50 bits per heavy atom. The van der Waals surface area contributed by atoms with Gasteiger partial charge >= 0.3 is 0 Å². The number of ketones is 1. The molecular formula is C16H24N2O3S. The van der Waals surface area contributed by atoms with E-state index in [4.69, 9.17) is 4.74 Å². The molecule has 122 valence electrons. The van der Waals surface area contributed by atoms with Gasteiger partial charge in [0.1, 0.15) is 0 Å². The maximum Gasteiger partial charge on any atom is 0.261 e. The van der Waals surface area contributed by atoms with Gasteiger partial charge in [0, 0.05) is 25.2 Å². The number of amides is 1. The van der Waals surface area contributed by atoms with Gasteiger partial charge in [-0.1, -0.05) is 6.92 Å². The van der Waals surface area contributed by atoms with Crippen molar-refractivity contribution in [2.75, 3.05) is 32.8 Å². The maximum atomic E-state index is 12.3. The van der Waals surface area contributed by atoms with Gasteiger partial charge in [0.05, 0.1) is 23.0 Å². The molecule has 1 aliphatic rings. The molecule has 22 heavy (non-hydrogen) atoms. The fourth-order valence-electron chi connectivity index (χ4n) is 2.57. The summed E-state index contributed by atoms with van der Waals surface area (Å²) in [6.07, 6.45) is 0.955. The Bertz CT molecular complexity index is 537. The fraction of sp³-hybridized carbons (Fsp3) is 0.625. The lowest BCUT2D eigenvalue weighted by Crippen LogP contribution is -2.56. The van der Waals surface area contributed by atoms with Crippen LogP contribution < -0.4 is 5.32 Å². The van der Waals surface area contributed by atoms with Crippen LogP contribution in [0.3, 0.4) is 0 Å². The van der Waals surface area contributed by atoms with Crippen LogP contribution in [0.25, 0.3) is 0 Å². The van der Waals surface area contributed by atoms with Gasteiger partial charge in [-0.15, -0.1) is 11.3 Å². The van der Waals surface area contributed by atoms with Gasteiger partial charge in [-0.3, -0.25) is 14.5 Å². The van der Waals surface area contributed by atoms with Crippen molar-refractivity contribution in [1.82, 2.24) is 10.2 Å². The Morgan fingerprint density at radius 1 is 1.32 bits per heavy atom. The molecule has 1 unspecified atom stereocenters. The first-order valence-corrected chi connectivity index (χ1v) is 8.49. The number of thiophene rings is 1. The Morgan fingerprint density at radius 2 is 1.95 bits per heavy atom. The minimum atomic E-state index is -0.106. The summed E-state index contributed by atoms with van der Waals surface area (Å²) in [5.74, 6) is -0.110. The Labute approximate surface area is 135 Å². The predicted molar refractivity (Wildman–Crippen MR) is 87.7 cm³/mol. The lowest BCUT2D eigenvalue weighted by atomic mass is 9.95. The van der Waals surface area contributed by atoms with Crippen LogP contribution in [0.1, 0.15) is 46.5 Å². The third-order valence-electron chi connectivity index (χ3n) is 4.34. The second-order valence-electron chi connectivity index (χ2n) is 5.85. The minimum absolute atomic E-state index is 0.00392. The number of nitrogens with zero attached hydrogens (tertiary/aromatic N) is 1. The van der Waals surface area contributed by atoms with Crippen LogP contribution in [0.5, 0.6) is 0 Å². The van der Waals surface area contributed by atoms with Gasteiger partial charge in [0.2, 0.25) is 0 Å². The van der Waals surface area contributed by atoms with Gasteiger partial charge in [0.15, 0.2) is 5.78 Å². The highest BCUT2D eigenvalue weighted by molar-refractivity contribution is 7.15. The van der Waals surface area contributed by atoms with Crippen molar-refractivity contribution in [2.24, 2.45) is 0 Å². The summed E-state index contributed by atoms with van der Waals surface area (Å²) in [6, 6.07) is 3.43. The summed E-state index contributed by atoms with van der Waals surface area (Å²) in [7, 11) is 0. The molecule has 0 bridgehead atoms. The van der Waals surface area contributed by atoms with Crippen LogP contribution in [0.4, 0.5) is 0 Å². The topological polar surface area (TPSA) is 58.6 Å². The Balaban J connectivity index is 1.96. The second kappa shape index (κ2) is 7.35. The first kappa shape index (κ1) is 17.1. The number of Topliss-reactive ketones (excluding diaryl/α,β-unsaturated/α-hetero) is 1. The first-order chi connectivity index (χ1) is 10.5. The summed E-state index contributed by atoms with van der Waals surface area (Å²) in [6.45, 7) is 9.71. The van der Waals surface area contributed by atoms with E-state index in [2.05, 4.69) is 24.1 Å². The van der Waals surface area contributed by atoms with E-state index in [1.165, 1.54) is 18.3 Å². The molecule has 1 aromatic heterocycles. The van der Waals surface area contributed by atoms with Gasteiger partial charge in [-0.05, 0) is 32.4 Å². The van der Waals surface area contributed by atoms with Crippen LogP contribution in [0, 0.1) is 0 Å². The normalized spacial score (nSPS) is 18.7. The van der Waals surface area contributed by atoms with Crippen molar-refractivity contribution in [3.05, 3.63) is 21.9 Å². The van der Waals surface area contributed by atoms with E-state index in [0.717, 1.165) is 32.7 Å². The van der Waals surface area contributed by atoms with E-state index in [0.29, 0.717) is 16.3 Å². The van der Waals surface area contributed by atoms with Crippen LogP contribution in [-0.4, -0.2) is 55.0 Å². The standard InChI is InChI=1S/C16H24N2O3S/c1-4-16(3,18-7-9-21-10-8-18)11-17-15(20)14-6-5-13(22-14)12(2)19/h5-6H,4,7-11H2,1-3H3,(H,17,20). The highest BCUT2D eigenvalue weighted by Crippen LogP contribution is 2.21. The van der Waals surface area contributed by atoms with E-state index < -0.39 is 0 Å². The summed E-state index contributed by atoms with van der Waals surface area (Å²) in [4.78, 5) is 27.2. The van der Waals surface area contributed by atoms with E-state index in [1.54, 1.807) is 12.1 Å². The van der Waals surface area contributed by atoms with Crippen molar-refractivity contribution >= 4 is 23.0 Å². The Kier molecular flexibility index (Phi) is 5.72. The largest absolute Gasteiger partial charge is 0.379 e. The molecule has 5 nitrogen and oxygen atoms in total. The molecule has 1 N–H and O–H groups in total. The van der Waals surface area contributed by atoms with Gasteiger partial charge < -0.3 is 10.1 Å². The summed E-state index contributed by atoms with van der Waals surface area (Å²) >= 11 is 1.25. The molecule has 1 aromatic rings. The van der Waals surface area contributed by atoms with Crippen molar-refractivity contribution in [1.29, 1.82) is 0 Å². The fourth-order valence-corrected chi connectivity index (χ4v) is 3.39. The number of rotatable bonds is 6. The number of carbonyl (C=O) groups excluding carboxylic acids is 2. The third kappa shape index (κ3) is 3.94. The van der Waals surface area contributed by atoms with Crippen molar-refractivity contribution < 1.29 is 14.3 Å². The van der Waals surface area contributed by atoms with Crippen LogP contribution in [0.15, 0.2) is 12.1 Å². The molecule has 6 heteroatoms. The van der Waals surface area contributed by atoms with E-state index in [-0.39, 0.29) is 17.2 Å². The smallest absolute Gasteiger partial charge is 0.261 e. The van der Waals surface area contributed by atoms with E-state index in [1.807, 2.05) is 0 Å². The summed E-state index contributed by atoms with van der Waals surface area (Å²) < 4.78 is 5.40. The Hall–Kier alpha value is -1.24. The quantitative estimate of drug-likeness (QED) is 0.815. The van der Waals surface area contributed by atoms with Gasteiger partial charge in [-0.25, -0.2) is 0 Å². The van der Waals surface area contributed by atoms with Crippen LogP contribution in [0.2, 0.25) is 0 Å². The zero-order valence-corrected chi connectivity index (χ0v) is 14.3. The number of hydrogen-bond donors (Lipinski definition) is 1. The zero-order valence-electron chi connectivity index (χ0n) is 13.5. The summed E-state index contributed by atoms with van der Waals surface area (Å²) in [5, 5.41) is 3.02. The van der Waals surface area contributed by atoms with Crippen molar-refractivity contribution in [3.63, 3.8) is 0 Å². The molecule has 0 spiro atoms. The van der Waals surface area contributed by atoms with E-state index in [9.17, 15) is 9.59 Å². The summed E-state index contributed by atoms with van der Waals surface area (Å²) in [5.41, 5.74) is -0.0693. The lowest BCUT2D eigenvalue weighted by Gasteiger charge is -2.43. The minimum Gasteiger partial charge on any atom is -0.379 e. The van der Waals surface area contributed by atoms with Gasteiger partial charge in [-0.2, -0.15) is 0 Å². The molecule has 2 heterocycles. The molecule has 0 aliphatic carbocycles. The molecule has 1 atom stereocenters. The SMILES string of the molecule is CCC(C)(CNC(=O)c1ccc(C(C)=O)s1)N1CCOCC1. The monoisotopic (exact) mass is 324 g/mol. The molecular weight excluding hydrogens is 300 g/mol. The number of carbonyl (C=O) groups is 2. The molecule has 1 saturated heterocycles. The maximum absolute atomic E-state index is 12.3. The molecule has 0 radical (unpaired) electrons. The van der Waals surface area contributed by atoms with Gasteiger partial charge in [0.25, 0.3) is 5.91 Å². The number of morpholine rings is 1. The highest BCUT2D eigenvalue weighted by atomic mass is 32.1. The van der Waals surface area contributed by atoms with Crippen molar-refractivity contribution in [2.45, 2.75) is 32.7 Å². The zero-order chi connectivity index (χ0) is 16.2. The molecule has 0 aromatic carbocycles.